The molecule has 0 atom stereocenters. The molecule has 0 aromatic carbocycles. The van der Waals surface area contributed by atoms with Crippen LogP contribution in [0.2, 0.25) is 0 Å². The third-order valence-electron chi connectivity index (χ3n) is 1.55. The van der Waals surface area contributed by atoms with Crippen molar-refractivity contribution in [1.29, 1.82) is 0 Å². The van der Waals surface area contributed by atoms with Gasteiger partial charge in [-0.3, -0.25) is 9.97 Å². The molecular weight excluding hydrogens is 136 g/mol. The minimum atomic E-state index is 0.112. The highest BCUT2D eigenvalue weighted by Crippen LogP contribution is 2.18. The summed E-state index contributed by atoms with van der Waals surface area (Å²) in [7, 11) is 0. The highest BCUT2D eigenvalue weighted by molar-refractivity contribution is 5.09. The van der Waals surface area contributed by atoms with Crippen molar-refractivity contribution < 1.29 is 0 Å². The van der Waals surface area contributed by atoms with Gasteiger partial charge in [-0.15, -0.1) is 0 Å². The number of nitrogens with zero attached hydrogens (tertiary/aromatic N) is 2. The average Bonchev–Trinajstić information content (AvgIpc) is 1.86. The van der Waals surface area contributed by atoms with Crippen molar-refractivity contribution in [3.63, 3.8) is 0 Å². The normalized spacial score (nSPS) is 11.6. The molecule has 0 bridgehead atoms. The van der Waals surface area contributed by atoms with Crippen LogP contribution >= 0.6 is 0 Å². The molecule has 2 nitrogen and oxygen atoms in total. The van der Waals surface area contributed by atoms with E-state index in [2.05, 4.69) is 30.7 Å². The van der Waals surface area contributed by atoms with E-state index in [9.17, 15) is 0 Å². The van der Waals surface area contributed by atoms with E-state index in [0.717, 1.165) is 11.4 Å². The topological polar surface area (TPSA) is 25.8 Å². The smallest absolute Gasteiger partial charge is 0.0640 e. The van der Waals surface area contributed by atoms with Crippen molar-refractivity contribution in [3.8, 4) is 0 Å². The van der Waals surface area contributed by atoms with Gasteiger partial charge in [0, 0.05) is 17.8 Å². The fourth-order valence-electron chi connectivity index (χ4n) is 0.780. The van der Waals surface area contributed by atoms with Gasteiger partial charge in [-0.2, -0.15) is 0 Å². The number of aryl methyl sites for hydroxylation is 1. The Morgan fingerprint density at radius 1 is 1.09 bits per heavy atom. The third-order valence-corrected chi connectivity index (χ3v) is 1.55. The SMILES string of the molecule is Cc1cnc(C(C)(C)C)cn1. The lowest BCUT2D eigenvalue weighted by molar-refractivity contribution is 0.564. The first-order valence-electron chi connectivity index (χ1n) is 3.79. The van der Waals surface area contributed by atoms with Crippen LogP contribution in [-0.2, 0) is 5.41 Å². The molecule has 0 spiro atoms. The second kappa shape index (κ2) is 2.61. The monoisotopic (exact) mass is 150 g/mol. The lowest BCUT2D eigenvalue weighted by Crippen LogP contribution is -2.13. The van der Waals surface area contributed by atoms with Gasteiger partial charge in [0.1, 0.15) is 0 Å². The van der Waals surface area contributed by atoms with Crippen LogP contribution in [0.5, 0.6) is 0 Å². The summed E-state index contributed by atoms with van der Waals surface area (Å²) in [5.74, 6) is 0. The Kier molecular flexibility index (Phi) is 1.94. The van der Waals surface area contributed by atoms with Crippen LogP contribution in [0.1, 0.15) is 32.2 Å². The predicted octanol–water partition coefficient (Wildman–Crippen LogP) is 2.08. The zero-order valence-corrected chi connectivity index (χ0v) is 7.55. The molecule has 11 heavy (non-hydrogen) atoms. The molecule has 2 heteroatoms. The van der Waals surface area contributed by atoms with Crippen molar-refractivity contribution in [2.24, 2.45) is 0 Å². The van der Waals surface area contributed by atoms with E-state index in [1.54, 1.807) is 6.20 Å². The summed E-state index contributed by atoms with van der Waals surface area (Å²) >= 11 is 0. The minimum absolute atomic E-state index is 0.112. The molecular formula is C9H14N2. The van der Waals surface area contributed by atoms with E-state index in [1.807, 2.05) is 13.1 Å². The van der Waals surface area contributed by atoms with Crippen LogP contribution in [0.15, 0.2) is 12.4 Å². The van der Waals surface area contributed by atoms with E-state index in [0.29, 0.717) is 0 Å². The van der Waals surface area contributed by atoms with Crippen molar-refractivity contribution in [1.82, 2.24) is 9.97 Å². The lowest BCUT2D eigenvalue weighted by atomic mass is 9.93. The van der Waals surface area contributed by atoms with E-state index in [-0.39, 0.29) is 5.41 Å². The Balaban J connectivity index is 2.99. The number of rotatable bonds is 0. The zero-order valence-electron chi connectivity index (χ0n) is 7.55. The lowest BCUT2D eigenvalue weighted by Gasteiger charge is -2.16. The molecule has 0 amide bonds. The van der Waals surface area contributed by atoms with Gasteiger partial charge >= 0.3 is 0 Å². The maximum atomic E-state index is 4.29. The summed E-state index contributed by atoms with van der Waals surface area (Å²) in [4.78, 5) is 8.47. The van der Waals surface area contributed by atoms with Crippen LogP contribution in [-0.4, -0.2) is 9.97 Å². The van der Waals surface area contributed by atoms with Crippen molar-refractivity contribution in [2.45, 2.75) is 33.1 Å². The molecule has 0 N–H and O–H groups in total. The predicted molar refractivity (Wildman–Crippen MR) is 45.5 cm³/mol. The van der Waals surface area contributed by atoms with Crippen molar-refractivity contribution in [3.05, 3.63) is 23.8 Å². The molecule has 0 radical (unpaired) electrons. The Hall–Kier alpha value is -0.920. The Morgan fingerprint density at radius 2 is 1.73 bits per heavy atom. The second-order valence-corrected chi connectivity index (χ2v) is 3.79. The van der Waals surface area contributed by atoms with Gasteiger partial charge < -0.3 is 0 Å². The molecule has 1 aromatic heterocycles. The molecule has 60 valence electrons. The molecule has 0 saturated carbocycles. The van der Waals surface area contributed by atoms with Gasteiger partial charge in [0.25, 0.3) is 0 Å². The number of aromatic nitrogens is 2. The molecule has 1 rings (SSSR count). The first-order valence-corrected chi connectivity index (χ1v) is 3.79. The molecule has 0 saturated heterocycles. The van der Waals surface area contributed by atoms with Gasteiger partial charge in [-0.1, -0.05) is 20.8 Å². The highest BCUT2D eigenvalue weighted by atomic mass is 14.8. The van der Waals surface area contributed by atoms with Gasteiger partial charge in [0.15, 0.2) is 0 Å². The molecule has 0 aliphatic rings. The maximum absolute atomic E-state index is 4.29. The van der Waals surface area contributed by atoms with Gasteiger partial charge in [-0.05, 0) is 6.92 Å². The summed E-state index contributed by atoms with van der Waals surface area (Å²) in [6.45, 7) is 8.34. The molecule has 0 unspecified atom stereocenters. The summed E-state index contributed by atoms with van der Waals surface area (Å²) in [6, 6.07) is 0. The molecule has 0 aliphatic carbocycles. The van der Waals surface area contributed by atoms with Crippen molar-refractivity contribution >= 4 is 0 Å². The second-order valence-electron chi connectivity index (χ2n) is 3.79. The first-order chi connectivity index (χ1) is 5.00. The molecule has 0 aliphatic heterocycles. The van der Waals surface area contributed by atoms with E-state index in [4.69, 9.17) is 0 Å². The average molecular weight is 150 g/mol. The first kappa shape index (κ1) is 8.18. The Labute approximate surface area is 67.7 Å². The number of hydrogen-bond acceptors (Lipinski definition) is 2. The minimum Gasteiger partial charge on any atom is -0.258 e. The zero-order chi connectivity index (χ0) is 8.48. The maximum Gasteiger partial charge on any atom is 0.0640 e. The molecule has 0 fully saturated rings. The molecule has 1 aromatic rings. The summed E-state index contributed by atoms with van der Waals surface area (Å²) in [5, 5.41) is 0. The van der Waals surface area contributed by atoms with Gasteiger partial charge in [0.05, 0.1) is 11.4 Å². The fraction of sp³-hybridized carbons (Fsp3) is 0.556. The Morgan fingerprint density at radius 3 is 2.09 bits per heavy atom. The van der Waals surface area contributed by atoms with Gasteiger partial charge in [-0.25, -0.2) is 0 Å². The van der Waals surface area contributed by atoms with E-state index >= 15 is 0 Å². The summed E-state index contributed by atoms with van der Waals surface area (Å²) < 4.78 is 0. The quantitative estimate of drug-likeness (QED) is 0.566. The summed E-state index contributed by atoms with van der Waals surface area (Å²) in [6.07, 6.45) is 3.65. The van der Waals surface area contributed by atoms with Crippen LogP contribution in [0.4, 0.5) is 0 Å². The largest absolute Gasteiger partial charge is 0.258 e. The standard InChI is InChI=1S/C9H14N2/c1-7-5-11-8(6-10-7)9(2,3)4/h5-6H,1-4H3. The Bertz CT molecular complexity index is 231. The van der Waals surface area contributed by atoms with E-state index < -0.39 is 0 Å². The van der Waals surface area contributed by atoms with Gasteiger partial charge in [0.2, 0.25) is 0 Å². The van der Waals surface area contributed by atoms with E-state index in [1.165, 1.54) is 0 Å². The van der Waals surface area contributed by atoms with Crippen LogP contribution in [0.3, 0.4) is 0 Å². The number of hydrogen-bond donors (Lipinski definition) is 0. The van der Waals surface area contributed by atoms with Crippen LogP contribution in [0, 0.1) is 6.92 Å². The molecule has 1 heterocycles. The van der Waals surface area contributed by atoms with Crippen LogP contribution < -0.4 is 0 Å². The third kappa shape index (κ3) is 2.00. The van der Waals surface area contributed by atoms with Crippen LogP contribution in [0.25, 0.3) is 0 Å². The summed E-state index contributed by atoms with van der Waals surface area (Å²) in [5.41, 5.74) is 2.13. The highest BCUT2D eigenvalue weighted by Gasteiger charge is 2.14. The van der Waals surface area contributed by atoms with Crippen molar-refractivity contribution in [2.75, 3.05) is 0 Å². The fourth-order valence-corrected chi connectivity index (χ4v) is 0.780.